The van der Waals surface area contributed by atoms with Crippen molar-refractivity contribution >= 4 is 0 Å². The Balaban J connectivity index is 1.99. The van der Waals surface area contributed by atoms with E-state index in [1.54, 1.807) is 0 Å². The lowest BCUT2D eigenvalue weighted by atomic mass is 9.82. The molecule has 2 atom stereocenters. The van der Waals surface area contributed by atoms with Gasteiger partial charge in [0, 0.05) is 18.6 Å². The van der Waals surface area contributed by atoms with Gasteiger partial charge in [0.15, 0.2) is 0 Å². The molecule has 0 aliphatic carbocycles. The van der Waals surface area contributed by atoms with Crippen molar-refractivity contribution in [2.45, 2.75) is 30.9 Å². The summed E-state index contributed by atoms with van der Waals surface area (Å²) in [6, 6.07) is 21.2. The monoisotopic (exact) mass is 267 g/mol. The van der Waals surface area contributed by atoms with E-state index in [-0.39, 0.29) is 18.1 Å². The summed E-state index contributed by atoms with van der Waals surface area (Å²) in [4.78, 5) is 0. The molecule has 0 radical (unpaired) electrons. The van der Waals surface area contributed by atoms with Crippen LogP contribution in [0, 0.1) is 0 Å². The van der Waals surface area contributed by atoms with Crippen LogP contribution in [0.2, 0.25) is 0 Å². The molecule has 2 N–H and O–H groups in total. The number of hydrogen-bond donors (Lipinski definition) is 1. The first kappa shape index (κ1) is 13.3. The minimum atomic E-state index is 0.0635. The van der Waals surface area contributed by atoms with Gasteiger partial charge in [-0.15, -0.1) is 0 Å². The van der Waals surface area contributed by atoms with E-state index in [9.17, 15) is 0 Å². The maximum Gasteiger partial charge on any atom is 0.0834 e. The fraction of sp³-hybridized carbons (Fsp3) is 0.333. The van der Waals surface area contributed by atoms with Gasteiger partial charge < -0.3 is 10.5 Å². The Hall–Kier alpha value is -1.64. The third-order valence-corrected chi connectivity index (χ3v) is 4.06. The van der Waals surface area contributed by atoms with E-state index in [4.69, 9.17) is 10.5 Å². The minimum Gasteiger partial charge on any atom is -0.376 e. The molecule has 0 amide bonds. The molecule has 0 saturated carbocycles. The lowest BCUT2D eigenvalue weighted by Crippen LogP contribution is -2.44. The number of nitrogens with two attached hydrogens (primary N) is 1. The topological polar surface area (TPSA) is 35.2 Å². The Morgan fingerprint density at radius 2 is 1.45 bits per heavy atom. The average Bonchev–Trinajstić information content (AvgIpc) is 2.52. The molecular weight excluding hydrogens is 246 g/mol. The fourth-order valence-corrected chi connectivity index (χ4v) is 3.06. The van der Waals surface area contributed by atoms with E-state index in [2.05, 4.69) is 48.5 Å². The Kier molecular flexibility index (Phi) is 4.14. The molecule has 0 spiro atoms. The van der Waals surface area contributed by atoms with Crippen molar-refractivity contribution in [3.8, 4) is 0 Å². The number of ether oxygens (including phenoxy) is 1. The zero-order chi connectivity index (χ0) is 13.8. The van der Waals surface area contributed by atoms with Crippen LogP contribution in [0.5, 0.6) is 0 Å². The third kappa shape index (κ3) is 2.77. The zero-order valence-electron chi connectivity index (χ0n) is 11.6. The summed E-state index contributed by atoms with van der Waals surface area (Å²) in [6.07, 6.45) is 2.17. The fourth-order valence-electron chi connectivity index (χ4n) is 3.06. The van der Waals surface area contributed by atoms with Crippen molar-refractivity contribution in [2.75, 3.05) is 6.61 Å². The van der Waals surface area contributed by atoms with Gasteiger partial charge in [0.2, 0.25) is 0 Å². The molecule has 2 unspecified atom stereocenters. The summed E-state index contributed by atoms with van der Waals surface area (Å²) in [5.74, 6) is 0.215. The number of benzene rings is 2. The predicted molar refractivity (Wildman–Crippen MR) is 81.7 cm³/mol. The lowest BCUT2D eigenvalue weighted by molar-refractivity contribution is -0.00786. The summed E-state index contributed by atoms with van der Waals surface area (Å²) in [5, 5.41) is 0. The maximum absolute atomic E-state index is 6.33. The summed E-state index contributed by atoms with van der Waals surface area (Å²) >= 11 is 0. The van der Waals surface area contributed by atoms with Crippen LogP contribution in [0.3, 0.4) is 0 Å². The molecule has 2 heteroatoms. The van der Waals surface area contributed by atoms with Crippen LogP contribution in [0.1, 0.15) is 29.9 Å². The van der Waals surface area contributed by atoms with Crippen molar-refractivity contribution < 1.29 is 4.74 Å². The van der Waals surface area contributed by atoms with Crippen molar-refractivity contribution in [1.29, 1.82) is 0 Å². The average molecular weight is 267 g/mol. The van der Waals surface area contributed by atoms with Crippen LogP contribution in [-0.4, -0.2) is 18.8 Å². The molecule has 1 aliphatic rings. The number of rotatable bonds is 3. The Morgan fingerprint density at radius 1 is 0.900 bits per heavy atom. The van der Waals surface area contributed by atoms with Gasteiger partial charge in [0.1, 0.15) is 0 Å². The number of hydrogen-bond acceptors (Lipinski definition) is 2. The molecule has 1 saturated heterocycles. The van der Waals surface area contributed by atoms with Gasteiger partial charge in [0.05, 0.1) is 6.10 Å². The summed E-state index contributed by atoms with van der Waals surface area (Å²) in [6.45, 7) is 0.814. The molecule has 1 fully saturated rings. The van der Waals surface area contributed by atoms with E-state index in [0.717, 1.165) is 19.4 Å². The second kappa shape index (κ2) is 6.21. The molecule has 0 bridgehead atoms. The molecule has 104 valence electrons. The molecule has 20 heavy (non-hydrogen) atoms. The van der Waals surface area contributed by atoms with E-state index < -0.39 is 0 Å². The first-order valence-electron chi connectivity index (χ1n) is 7.33. The molecule has 2 aromatic carbocycles. The lowest BCUT2D eigenvalue weighted by Gasteiger charge is -2.35. The van der Waals surface area contributed by atoms with Crippen molar-refractivity contribution in [3.05, 3.63) is 71.8 Å². The minimum absolute atomic E-state index is 0.0635. The third-order valence-electron chi connectivity index (χ3n) is 4.06. The Labute approximate surface area is 120 Å². The van der Waals surface area contributed by atoms with Gasteiger partial charge in [-0.25, -0.2) is 0 Å². The Bertz CT molecular complexity index is 486. The van der Waals surface area contributed by atoms with E-state index >= 15 is 0 Å². The van der Waals surface area contributed by atoms with E-state index in [1.807, 2.05) is 12.1 Å². The highest BCUT2D eigenvalue weighted by molar-refractivity contribution is 5.34. The summed E-state index contributed by atoms with van der Waals surface area (Å²) < 4.78 is 6.04. The molecular formula is C18H21NO. The molecule has 2 aromatic rings. The Morgan fingerprint density at radius 3 is 1.95 bits per heavy atom. The maximum atomic E-state index is 6.33. The normalized spacial score (nSPS) is 22.9. The van der Waals surface area contributed by atoms with E-state index in [0.29, 0.717) is 0 Å². The first-order valence-corrected chi connectivity index (χ1v) is 7.33. The zero-order valence-corrected chi connectivity index (χ0v) is 11.6. The second-order valence-electron chi connectivity index (χ2n) is 5.44. The van der Waals surface area contributed by atoms with Gasteiger partial charge >= 0.3 is 0 Å². The SMILES string of the molecule is NC1CCCOC1C(c1ccccc1)c1ccccc1. The van der Waals surface area contributed by atoms with Gasteiger partial charge in [-0.2, -0.15) is 0 Å². The highest BCUT2D eigenvalue weighted by atomic mass is 16.5. The van der Waals surface area contributed by atoms with Crippen molar-refractivity contribution in [1.82, 2.24) is 0 Å². The van der Waals surface area contributed by atoms with Gasteiger partial charge in [-0.1, -0.05) is 60.7 Å². The quantitative estimate of drug-likeness (QED) is 0.926. The second-order valence-corrected chi connectivity index (χ2v) is 5.44. The molecule has 1 aliphatic heterocycles. The molecule has 0 aromatic heterocycles. The summed E-state index contributed by atoms with van der Waals surface area (Å²) in [7, 11) is 0. The van der Waals surface area contributed by atoms with Gasteiger partial charge in [-0.3, -0.25) is 0 Å². The van der Waals surface area contributed by atoms with E-state index in [1.165, 1.54) is 11.1 Å². The van der Waals surface area contributed by atoms with Crippen LogP contribution in [0.4, 0.5) is 0 Å². The van der Waals surface area contributed by atoms with Gasteiger partial charge in [0.25, 0.3) is 0 Å². The van der Waals surface area contributed by atoms with Gasteiger partial charge in [-0.05, 0) is 24.0 Å². The summed E-state index contributed by atoms with van der Waals surface area (Å²) in [5.41, 5.74) is 8.89. The van der Waals surface area contributed by atoms with Crippen LogP contribution < -0.4 is 5.73 Å². The molecule has 1 heterocycles. The smallest absolute Gasteiger partial charge is 0.0834 e. The first-order chi connectivity index (χ1) is 9.86. The van der Waals surface area contributed by atoms with Crippen LogP contribution >= 0.6 is 0 Å². The van der Waals surface area contributed by atoms with Crippen LogP contribution in [-0.2, 0) is 4.74 Å². The predicted octanol–water partition coefficient (Wildman–Crippen LogP) is 3.32. The molecule has 2 nitrogen and oxygen atoms in total. The standard InChI is InChI=1S/C18H21NO/c19-16-12-7-13-20-18(16)17(14-8-3-1-4-9-14)15-10-5-2-6-11-15/h1-6,8-11,16-18H,7,12-13,19H2. The van der Waals surface area contributed by atoms with Crippen LogP contribution in [0.25, 0.3) is 0 Å². The molecule has 3 rings (SSSR count). The highest BCUT2D eigenvalue weighted by Crippen LogP contribution is 2.33. The van der Waals surface area contributed by atoms with Crippen molar-refractivity contribution in [3.63, 3.8) is 0 Å². The largest absolute Gasteiger partial charge is 0.376 e. The van der Waals surface area contributed by atoms with Crippen LogP contribution in [0.15, 0.2) is 60.7 Å². The van der Waals surface area contributed by atoms with Crippen molar-refractivity contribution in [2.24, 2.45) is 5.73 Å². The highest BCUT2D eigenvalue weighted by Gasteiger charge is 2.32.